The first kappa shape index (κ1) is 13.7. The number of amides is 2. The molecule has 1 aromatic carbocycles. The van der Waals surface area contributed by atoms with Crippen molar-refractivity contribution in [1.29, 1.82) is 0 Å². The highest BCUT2D eigenvalue weighted by atomic mass is 79.9. The number of nitrogens with zero attached hydrogens (tertiary/aromatic N) is 1. The lowest BCUT2D eigenvalue weighted by atomic mass is 9.89. The van der Waals surface area contributed by atoms with Crippen LogP contribution in [0.1, 0.15) is 43.9 Å². The molecule has 108 valence electrons. The van der Waals surface area contributed by atoms with Crippen molar-refractivity contribution in [3.8, 4) is 5.75 Å². The lowest BCUT2D eigenvalue weighted by molar-refractivity contribution is -0.0841. The molecule has 1 saturated heterocycles. The zero-order valence-corrected chi connectivity index (χ0v) is 13.6. The summed E-state index contributed by atoms with van der Waals surface area (Å²) in [4.78, 5) is 14.1. The van der Waals surface area contributed by atoms with Crippen LogP contribution in [0.25, 0.3) is 0 Å². The Bertz CT molecular complexity index is 575. The van der Waals surface area contributed by atoms with E-state index in [9.17, 15) is 4.79 Å². The highest BCUT2D eigenvalue weighted by Crippen LogP contribution is 2.46. The van der Waals surface area contributed by atoms with Gasteiger partial charge in [0.2, 0.25) is 0 Å². The molecular formula is C15H19BrN2O2. The molecule has 2 atom stereocenters. The molecule has 3 rings (SSSR count). The van der Waals surface area contributed by atoms with Crippen LogP contribution in [0.2, 0.25) is 0 Å². The molecule has 0 aromatic heterocycles. The number of benzene rings is 1. The average molecular weight is 339 g/mol. The Morgan fingerprint density at radius 3 is 3.00 bits per heavy atom. The third-order valence-corrected chi connectivity index (χ3v) is 4.57. The monoisotopic (exact) mass is 338 g/mol. The lowest BCUT2D eigenvalue weighted by Crippen LogP contribution is -2.64. The Morgan fingerprint density at radius 2 is 2.30 bits per heavy atom. The fraction of sp³-hybridized carbons (Fsp3) is 0.533. The van der Waals surface area contributed by atoms with Crippen molar-refractivity contribution in [3.05, 3.63) is 27.7 Å². The maximum Gasteiger partial charge on any atom is 0.320 e. The summed E-state index contributed by atoms with van der Waals surface area (Å²) < 4.78 is 7.28. The zero-order valence-electron chi connectivity index (χ0n) is 12.0. The highest BCUT2D eigenvalue weighted by Gasteiger charge is 2.49. The summed E-state index contributed by atoms with van der Waals surface area (Å²) in [6, 6.07) is 4.09. The van der Waals surface area contributed by atoms with E-state index in [0.29, 0.717) is 6.54 Å². The largest absolute Gasteiger partial charge is 0.467 e. The van der Waals surface area contributed by atoms with Gasteiger partial charge < -0.3 is 10.1 Å². The van der Waals surface area contributed by atoms with Crippen LogP contribution in [0.3, 0.4) is 0 Å². The van der Waals surface area contributed by atoms with Crippen LogP contribution < -0.4 is 10.1 Å². The number of hydrogen-bond donors (Lipinski definition) is 1. The van der Waals surface area contributed by atoms with Gasteiger partial charge in [0.15, 0.2) is 5.72 Å². The van der Waals surface area contributed by atoms with E-state index >= 15 is 0 Å². The number of urea groups is 1. The molecule has 2 unspecified atom stereocenters. The summed E-state index contributed by atoms with van der Waals surface area (Å²) in [5.41, 5.74) is 1.62. The minimum Gasteiger partial charge on any atom is -0.467 e. The molecule has 0 aliphatic carbocycles. The Labute approximate surface area is 127 Å². The summed E-state index contributed by atoms with van der Waals surface area (Å²) in [7, 11) is 0. The zero-order chi connectivity index (χ0) is 14.5. The maximum absolute atomic E-state index is 12.3. The second-order valence-electron chi connectivity index (χ2n) is 5.78. The second kappa shape index (κ2) is 4.65. The summed E-state index contributed by atoms with van der Waals surface area (Å²) in [6.45, 7) is 6.83. The third-order valence-electron chi connectivity index (χ3n) is 4.11. The van der Waals surface area contributed by atoms with Gasteiger partial charge in [-0.1, -0.05) is 22.9 Å². The van der Waals surface area contributed by atoms with E-state index in [4.69, 9.17) is 4.74 Å². The molecule has 2 bridgehead atoms. The van der Waals surface area contributed by atoms with Gasteiger partial charge >= 0.3 is 6.03 Å². The van der Waals surface area contributed by atoms with Gasteiger partial charge in [-0.15, -0.1) is 0 Å². The number of rotatable bonds is 2. The normalized spacial score (nSPS) is 27.7. The summed E-state index contributed by atoms with van der Waals surface area (Å²) >= 11 is 3.52. The van der Waals surface area contributed by atoms with Crippen molar-refractivity contribution in [2.75, 3.05) is 6.54 Å². The molecule has 0 radical (unpaired) electrons. The minimum absolute atomic E-state index is 0.0283. The first-order chi connectivity index (χ1) is 9.44. The Hall–Kier alpha value is -1.23. The lowest BCUT2D eigenvalue weighted by Gasteiger charge is -2.51. The van der Waals surface area contributed by atoms with E-state index in [1.54, 1.807) is 0 Å². The maximum atomic E-state index is 12.3. The Kier molecular flexibility index (Phi) is 3.20. The predicted octanol–water partition coefficient (Wildman–Crippen LogP) is 3.73. The van der Waals surface area contributed by atoms with Crippen molar-refractivity contribution < 1.29 is 9.53 Å². The van der Waals surface area contributed by atoms with E-state index in [-0.39, 0.29) is 12.1 Å². The minimum atomic E-state index is -0.547. The highest BCUT2D eigenvalue weighted by molar-refractivity contribution is 9.10. The predicted molar refractivity (Wildman–Crippen MR) is 80.8 cm³/mol. The quantitative estimate of drug-likeness (QED) is 0.892. The number of carbonyl (C=O) groups is 1. The van der Waals surface area contributed by atoms with Crippen molar-refractivity contribution in [1.82, 2.24) is 10.2 Å². The standard InChI is InChI=1S/C15H19BrN2O2/c1-4-5-18-14(19)17-12-8-15(18,3)20-13-9(2)6-10(16)7-11(12)13/h6-7,12H,4-5,8H2,1-3H3,(H,17,19). The van der Waals surface area contributed by atoms with Crippen molar-refractivity contribution >= 4 is 22.0 Å². The summed E-state index contributed by atoms with van der Waals surface area (Å²) in [5, 5.41) is 3.10. The number of aryl methyl sites for hydroxylation is 1. The van der Waals surface area contributed by atoms with Crippen LogP contribution in [-0.4, -0.2) is 23.2 Å². The SMILES string of the molecule is CCCN1C(=O)NC2CC1(C)Oc1c(C)cc(Br)cc12. The van der Waals surface area contributed by atoms with E-state index in [1.165, 1.54) is 0 Å². The molecule has 0 spiro atoms. The van der Waals surface area contributed by atoms with Crippen molar-refractivity contribution in [3.63, 3.8) is 0 Å². The van der Waals surface area contributed by atoms with Gasteiger partial charge in [-0.3, -0.25) is 4.90 Å². The summed E-state index contributed by atoms with van der Waals surface area (Å²) in [6.07, 6.45) is 1.70. The molecule has 0 saturated carbocycles. The number of carbonyl (C=O) groups excluding carboxylic acids is 1. The summed E-state index contributed by atoms with van der Waals surface area (Å²) in [5.74, 6) is 0.910. The van der Waals surface area contributed by atoms with Gasteiger partial charge in [0.05, 0.1) is 6.04 Å². The number of hydrogen-bond acceptors (Lipinski definition) is 2. The average Bonchev–Trinajstić information content (AvgIpc) is 2.36. The van der Waals surface area contributed by atoms with Gasteiger partial charge in [0.25, 0.3) is 0 Å². The van der Waals surface area contributed by atoms with Crippen LogP contribution >= 0.6 is 15.9 Å². The topological polar surface area (TPSA) is 41.6 Å². The van der Waals surface area contributed by atoms with E-state index in [0.717, 1.165) is 34.2 Å². The first-order valence-electron chi connectivity index (χ1n) is 7.02. The molecular weight excluding hydrogens is 320 g/mol. The first-order valence-corrected chi connectivity index (χ1v) is 7.81. The number of halogens is 1. The molecule has 1 fully saturated rings. The van der Waals surface area contributed by atoms with Gasteiger partial charge in [0.1, 0.15) is 5.75 Å². The van der Waals surface area contributed by atoms with Crippen LogP contribution in [0.15, 0.2) is 16.6 Å². The third kappa shape index (κ3) is 1.99. The van der Waals surface area contributed by atoms with Gasteiger partial charge in [-0.05, 0) is 38.0 Å². The van der Waals surface area contributed by atoms with Gasteiger partial charge in [-0.2, -0.15) is 0 Å². The molecule has 2 aliphatic rings. The van der Waals surface area contributed by atoms with Crippen LogP contribution in [0, 0.1) is 6.92 Å². The Balaban J connectivity index is 2.08. The van der Waals surface area contributed by atoms with E-state index < -0.39 is 5.72 Å². The molecule has 1 aromatic rings. The molecule has 2 aliphatic heterocycles. The van der Waals surface area contributed by atoms with E-state index in [1.807, 2.05) is 24.8 Å². The van der Waals surface area contributed by atoms with E-state index in [2.05, 4.69) is 34.2 Å². The van der Waals surface area contributed by atoms with Crippen LogP contribution in [0.5, 0.6) is 5.75 Å². The van der Waals surface area contributed by atoms with Gasteiger partial charge in [-0.25, -0.2) is 4.79 Å². The molecule has 20 heavy (non-hydrogen) atoms. The Morgan fingerprint density at radius 1 is 1.55 bits per heavy atom. The molecule has 4 nitrogen and oxygen atoms in total. The van der Waals surface area contributed by atoms with Crippen LogP contribution in [0.4, 0.5) is 4.79 Å². The molecule has 2 amide bonds. The molecule has 2 heterocycles. The fourth-order valence-corrected chi connectivity index (χ4v) is 3.79. The second-order valence-corrected chi connectivity index (χ2v) is 6.69. The number of ether oxygens (including phenoxy) is 1. The molecule has 1 N–H and O–H groups in total. The van der Waals surface area contributed by atoms with Crippen molar-refractivity contribution in [2.24, 2.45) is 0 Å². The molecule has 5 heteroatoms. The van der Waals surface area contributed by atoms with Crippen LogP contribution in [-0.2, 0) is 0 Å². The number of nitrogens with one attached hydrogen (secondary N) is 1. The fourth-order valence-electron chi connectivity index (χ4n) is 3.20. The smallest absolute Gasteiger partial charge is 0.320 e. The van der Waals surface area contributed by atoms with Gasteiger partial charge in [0, 0.05) is 23.0 Å². The number of fused-ring (bicyclic) bond motifs is 4. The van der Waals surface area contributed by atoms with Crippen molar-refractivity contribution in [2.45, 2.75) is 45.4 Å².